The normalized spacial score (nSPS) is 47.6. The van der Waals surface area contributed by atoms with E-state index in [0.29, 0.717) is 54.8 Å². The first-order valence-electron chi connectivity index (χ1n) is 18.6. The summed E-state index contributed by atoms with van der Waals surface area (Å²) in [5, 5.41) is 22.5. The van der Waals surface area contributed by atoms with Crippen molar-refractivity contribution in [2.75, 3.05) is 11.5 Å². The van der Waals surface area contributed by atoms with E-state index >= 15 is 0 Å². The zero-order chi connectivity index (χ0) is 32.7. The molecule has 6 aliphatic carbocycles. The molecule has 6 saturated carbocycles. The number of carbonyl (C=O) groups excluding carboxylic acids is 2. The number of rotatable bonds is 10. The minimum atomic E-state index is -3.65. The van der Waals surface area contributed by atoms with Crippen molar-refractivity contribution in [1.29, 1.82) is 0 Å². The van der Waals surface area contributed by atoms with E-state index in [0.717, 1.165) is 44.9 Å². The maximum atomic E-state index is 13.2. The Morgan fingerprint density at radius 1 is 0.933 bits per heavy atom. The highest BCUT2D eigenvalue weighted by Gasteiger charge is 2.66. The van der Waals surface area contributed by atoms with Crippen LogP contribution in [0, 0.1) is 69.0 Å². The highest BCUT2D eigenvalue weighted by molar-refractivity contribution is 7.92. The third-order valence-corrected chi connectivity index (χ3v) is 17.9. The molecule has 0 aromatic rings. The van der Waals surface area contributed by atoms with Gasteiger partial charge < -0.3 is 10.2 Å². The monoisotopic (exact) mass is 646 g/mol. The molecule has 0 saturated heterocycles. The van der Waals surface area contributed by atoms with Gasteiger partial charge in [-0.15, -0.1) is 0 Å². The minimum Gasteiger partial charge on any atom is -0.393 e. The maximum absolute atomic E-state index is 13.2. The molecular formula is C38H62O6S. The summed E-state index contributed by atoms with van der Waals surface area (Å²) in [6.45, 7) is 13.6. The van der Waals surface area contributed by atoms with Crippen LogP contribution < -0.4 is 0 Å². The van der Waals surface area contributed by atoms with Gasteiger partial charge in [-0.1, -0.05) is 54.4 Å². The zero-order valence-corrected chi connectivity index (χ0v) is 29.8. The van der Waals surface area contributed by atoms with Gasteiger partial charge in [0.2, 0.25) is 0 Å². The first-order chi connectivity index (χ1) is 21.0. The minimum absolute atomic E-state index is 0.0865. The van der Waals surface area contributed by atoms with Gasteiger partial charge in [-0.2, -0.15) is 0 Å². The van der Waals surface area contributed by atoms with E-state index in [1.165, 1.54) is 19.3 Å². The average Bonchev–Trinajstić information content (AvgIpc) is 3.49. The van der Waals surface area contributed by atoms with Crippen molar-refractivity contribution in [2.45, 2.75) is 144 Å². The second-order valence-electron chi connectivity index (χ2n) is 18.2. The number of sulfone groups is 1. The van der Waals surface area contributed by atoms with Crippen molar-refractivity contribution in [2.24, 2.45) is 69.0 Å². The van der Waals surface area contributed by atoms with Crippen LogP contribution in [-0.2, 0) is 19.4 Å². The number of aliphatic hydroxyl groups is 2. The molecule has 0 aromatic carbocycles. The van der Waals surface area contributed by atoms with Crippen molar-refractivity contribution >= 4 is 21.4 Å². The predicted molar refractivity (Wildman–Crippen MR) is 177 cm³/mol. The molecule has 1 unspecified atom stereocenters. The fraction of sp³-hybridized carbons (Fsp3) is 0.947. The molecule has 0 aromatic heterocycles. The summed E-state index contributed by atoms with van der Waals surface area (Å²) in [7, 11) is -3.65. The van der Waals surface area contributed by atoms with E-state index in [1.807, 2.05) is 13.8 Å². The second-order valence-corrected chi connectivity index (χ2v) is 20.3. The van der Waals surface area contributed by atoms with Gasteiger partial charge in [-0.25, -0.2) is 8.42 Å². The largest absolute Gasteiger partial charge is 0.393 e. The summed E-state index contributed by atoms with van der Waals surface area (Å²) in [6, 6.07) is 0. The Morgan fingerprint density at radius 2 is 1.62 bits per heavy atom. The molecule has 13 atom stereocenters. The van der Waals surface area contributed by atoms with Crippen molar-refractivity contribution < 1.29 is 28.2 Å². The molecular weight excluding hydrogens is 584 g/mol. The van der Waals surface area contributed by atoms with Gasteiger partial charge in [0.25, 0.3) is 0 Å². The Labute approximate surface area is 273 Å². The second kappa shape index (κ2) is 11.7. The van der Waals surface area contributed by atoms with Gasteiger partial charge in [0.1, 0.15) is 17.3 Å². The lowest BCUT2D eigenvalue weighted by Gasteiger charge is -2.64. The molecule has 0 radical (unpaired) electrons. The third-order valence-electron chi connectivity index (χ3n) is 16.3. The number of hydrogen-bond donors (Lipinski definition) is 2. The number of ketones is 2. The van der Waals surface area contributed by atoms with E-state index in [2.05, 4.69) is 27.7 Å². The van der Waals surface area contributed by atoms with Crippen molar-refractivity contribution in [1.82, 2.24) is 0 Å². The van der Waals surface area contributed by atoms with Crippen LogP contribution in [0.4, 0.5) is 0 Å². The van der Waals surface area contributed by atoms with Gasteiger partial charge in [0, 0.05) is 18.3 Å². The lowest BCUT2D eigenvalue weighted by Crippen LogP contribution is -2.62. The Hall–Kier alpha value is -0.790. The molecule has 2 N–H and O–H groups in total. The van der Waals surface area contributed by atoms with Crippen LogP contribution in [-0.4, -0.2) is 53.9 Å². The number of Topliss-reactive ketones (excluding diaryl/α,β-unsaturated/α-hetero) is 2. The fourth-order valence-electron chi connectivity index (χ4n) is 13.6. The van der Waals surface area contributed by atoms with Crippen LogP contribution >= 0.6 is 0 Å². The summed E-state index contributed by atoms with van der Waals surface area (Å²) in [4.78, 5) is 25.9. The van der Waals surface area contributed by atoms with E-state index in [-0.39, 0.29) is 64.0 Å². The lowest BCUT2D eigenvalue weighted by atomic mass is 9.41. The van der Waals surface area contributed by atoms with Gasteiger partial charge in [0.05, 0.1) is 18.0 Å². The van der Waals surface area contributed by atoms with Crippen LogP contribution in [0.15, 0.2) is 0 Å². The van der Waals surface area contributed by atoms with E-state index < -0.39 is 21.0 Å². The van der Waals surface area contributed by atoms with Crippen LogP contribution in [0.5, 0.6) is 0 Å². The topological polar surface area (TPSA) is 109 Å². The average molecular weight is 647 g/mol. The summed E-state index contributed by atoms with van der Waals surface area (Å²) < 4.78 is 26.5. The summed E-state index contributed by atoms with van der Waals surface area (Å²) in [5.74, 6) is 2.59. The van der Waals surface area contributed by atoms with Crippen LogP contribution in [0.1, 0.15) is 131 Å². The summed E-state index contributed by atoms with van der Waals surface area (Å²) >= 11 is 0. The first-order valence-corrected chi connectivity index (χ1v) is 20.4. The molecule has 0 aliphatic heterocycles. The molecule has 6 nitrogen and oxygen atoms in total. The Bertz CT molecular complexity index is 1270. The molecule has 6 rings (SSSR count). The fourth-order valence-corrected chi connectivity index (χ4v) is 15.8. The van der Waals surface area contributed by atoms with Crippen molar-refractivity contribution in [3.8, 4) is 0 Å². The number of aliphatic hydroxyl groups excluding tert-OH is 2. The van der Waals surface area contributed by atoms with Gasteiger partial charge in [-0.05, 0) is 128 Å². The third kappa shape index (κ3) is 5.25. The lowest BCUT2D eigenvalue weighted by molar-refractivity contribution is -0.203. The van der Waals surface area contributed by atoms with Gasteiger partial charge in [-0.3, -0.25) is 9.59 Å². The molecule has 0 amide bonds. The summed E-state index contributed by atoms with van der Waals surface area (Å²) in [5.41, 5.74) is -0.731. The number of fused-ring (bicyclic) bond motifs is 7. The van der Waals surface area contributed by atoms with E-state index in [9.17, 15) is 28.2 Å². The standard InChI is InChI=1S/C38H62O6S/c1-7-27-31-20-25(39)14-16-37(31,6)30-15-17-36(5)28(11-12-29(36)33(30)34(27)42)23(2)9-8-10-26(40)21-45(43,44)22-38-18-13-24(19-32(38)41)35(38,3)4/h23-25,27-31,33-34,39,42H,7-22H2,1-6H3/t23-,24?,25-,27-,28-,29+,30+,31+,33+,34-,36-,37-,38+/m1/s1. The van der Waals surface area contributed by atoms with Crippen molar-refractivity contribution in [3.63, 3.8) is 0 Å². The van der Waals surface area contributed by atoms with Gasteiger partial charge >= 0.3 is 0 Å². The molecule has 0 heterocycles. The first kappa shape index (κ1) is 34.1. The molecule has 7 heteroatoms. The molecule has 6 fully saturated rings. The van der Waals surface area contributed by atoms with E-state index in [1.54, 1.807) is 0 Å². The highest BCUT2D eigenvalue weighted by atomic mass is 32.2. The Morgan fingerprint density at radius 3 is 2.27 bits per heavy atom. The van der Waals surface area contributed by atoms with Gasteiger partial charge in [0.15, 0.2) is 9.84 Å². The van der Waals surface area contributed by atoms with Crippen molar-refractivity contribution in [3.05, 3.63) is 0 Å². The smallest absolute Gasteiger partial charge is 0.158 e. The molecule has 2 bridgehead atoms. The quantitative estimate of drug-likeness (QED) is 0.270. The molecule has 0 spiro atoms. The molecule has 45 heavy (non-hydrogen) atoms. The van der Waals surface area contributed by atoms with Crippen LogP contribution in [0.2, 0.25) is 0 Å². The Balaban J connectivity index is 1.06. The zero-order valence-electron chi connectivity index (χ0n) is 29.0. The highest BCUT2D eigenvalue weighted by Crippen LogP contribution is 2.70. The van der Waals surface area contributed by atoms with Crippen LogP contribution in [0.25, 0.3) is 0 Å². The Kier molecular flexibility index (Phi) is 8.84. The number of hydrogen-bond acceptors (Lipinski definition) is 6. The number of carbonyl (C=O) groups is 2. The van der Waals surface area contributed by atoms with Crippen LogP contribution in [0.3, 0.4) is 0 Å². The van der Waals surface area contributed by atoms with E-state index in [4.69, 9.17) is 0 Å². The molecule has 6 aliphatic rings. The molecule has 256 valence electrons. The maximum Gasteiger partial charge on any atom is 0.158 e. The SMILES string of the molecule is CC[C@H]1[C@@H](O)[C@@H]2[C@H](CC[C@]3(C)[C@@H]([C@H](C)CCCC(=O)CS(=O)(=O)C[C@@]45CCC(CC4=O)C5(C)C)CC[C@@H]23)[C@@]2(C)CC[C@@H](O)C[C@@H]12. The summed E-state index contributed by atoms with van der Waals surface area (Å²) in [6.07, 6.45) is 11.9. The predicted octanol–water partition coefficient (Wildman–Crippen LogP) is 6.80.